The van der Waals surface area contributed by atoms with Gasteiger partial charge in [0.15, 0.2) is 5.54 Å². The Bertz CT molecular complexity index is 430. The second-order valence-electron chi connectivity index (χ2n) is 4.46. The van der Waals surface area contributed by atoms with Crippen LogP contribution in [0.25, 0.3) is 0 Å². The van der Waals surface area contributed by atoms with Crippen molar-refractivity contribution in [3.8, 4) is 0 Å². The van der Waals surface area contributed by atoms with E-state index >= 15 is 0 Å². The van der Waals surface area contributed by atoms with Crippen molar-refractivity contribution in [2.45, 2.75) is 31.7 Å². The predicted molar refractivity (Wildman–Crippen MR) is 65.5 cm³/mol. The van der Waals surface area contributed by atoms with Crippen molar-refractivity contribution in [3.63, 3.8) is 0 Å². The zero-order valence-electron chi connectivity index (χ0n) is 10.3. The highest BCUT2D eigenvalue weighted by atomic mass is 16.5. The van der Waals surface area contributed by atoms with Crippen LogP contribution in [0.2, 0.25) is 0 Å². The molecule has 0 spiro atoms. The Morgan fingerprint density at radius 2 is 2.44 bits per heavy atom. The lowest BCUT2D eigenvalue weighted by molar-refractivity contribution is -0.142. The summed E-state index contributed by atoms with van der Waals surface area (Å²) in [5.41, 5.74) is -0.146. The van der Waals surface area contributed by atoms with Crippen LogP contribution in [-0.2, 0) is 16.0 Å². The highest BCUT2D eigenvalue weighted by Gasteiger charge is 2.42. The molecular weight excluding hydrogens is 234 g/mol. The van der Waals surface area contributed by atoms with E-state index in [0.29, 0.717) is 18.8 Å². The van der Waals surface area contributed by atoms with E-state index < -0.39 is 11.5 Å². The predicted octanol–water partition coefficient (Wildman–Crippen LogP) is 1.08. The fourth-order valence-electron chi connectivity index (χ4n) is 1.99. The van der Waals surface area contributed by atoms with Crippen LogP contribution < -0.4 is 5.32 Å². The number of rotatable bonds is 5. The van der Waals surface area contributed by atoms with Gasteiger partial charge in [-0.15, -0.1) is 0 Å². The average molecular weight is 251 g/mol. The van der Waals surface area contributed by atoms with Gasteiger partial charge in [0.2, 0.25) is 0 Å². The van der Waals surface area contributed by atoms with Crippen molar-refractivity contribution in [1.29, 1.82) is 0 Å². The first-order valence-corrected chi connectivity index (χ1v) is 6.06. The summed E-state index contributed by atoms with van der Waals surface area (Å²) in [7, 11) is 0. The molecule has 1 aliphatic rings. The van der Waals surface area contributed by atoms with Gasteiger partial charge in [0.25, 0.3) is 0 Å². The number of hydrogen-bond acceptors (Lipinski definition) is 5. The topological polar surface area (TPSA) is 84.3 Å². The number of aryl methyl sites for hydroxylation is 1. The van der Waals surface area contributed by atoms with Gasteiger partial charge < -0.3 is 15.2 Å². The summed E-state index contributed by atoms with van der Waals surface area (Å²) in [5, 5.41) is 12.3. The fourth-order valence-corrected chi connectivity index (χ4v) is 1.99. The molecule has 2 heterocycles. The molecule has 2 N–H and O–H groups in total. The molecule has 6 nitrogen and oxygen atoms in total. The summed E-state index contributed by atoms with van der Waals surface area (Å²) in [6.45, 7) is 2.68. The zero-order chi connectivity index (χ0) is 13.0. The molecule has 1 fully saturated rings. The first-order chi connectivity index (χ1) is 8.66. The van der Waals surface area contributed by atoms with Crippen molar-refractivity contribution in [1.82, 2.24) is 9.97 Å². The molecule has 1 unspecified atom stereocenters. The Labute approximate surface area is 105 Å². The number of hydrogen-bond donors (Lipinski definition) is 2. The lowest BCUT2D eigenvalue weighted by Gasteiger charge is -2.24. The van der Waals surface area contributed by atoms with Crippen LogP contribution in [0.3, 0.4) is 0 Å². The number of carboxylic acids is 1. The quantitative estimate of drug-likeness (QED) is 0.814. The minimum absolute atomic E-state index is 0.162. The normalized spacial score (nSPS) is 22.9. The van der Waals surface area contributed by atoms with Crippen LogP contribution in [0.5, 0.6) is 0 Å². The molecule has 1 aromatic rings. The van der Waals surface area contributed by atoms with E-state index in [1.807, 2.05) is 0 Å². The minimum Gasteiger partial charge on any atom is -0.479 e. The number of carboxylic acid groups (broad SMARTS) is 1. The molecule has 1 aromatic heterocycles. The van der Waals surface area contributed by atoms with Crippen molar-refractivity contribution < 1.29 is 14.6 Å². The number of nitrogens with one attached hydrogen (secondary N) is 1. The summed E-state index contributed by atoms with van der Waals surface area (Å²) in [5.74, 6) is -0.364. The van der Waals surface area contributed by atoms with Crippen LogP contribution in [0.15, 0.2) is 12.4 Å². The molecule has 0 bridgehead atoms. The lowest BCUT2D eigenvalue weighted by atomic mass is 9.99. The van der Waals surface area contributed by atoms with Crippen LogP contribution in [0, 0.1) is 0 Å². The van der Waals surface area contributed by atoms with Crippen LogP contribution in [-0.4, -0.2) is 39.8 Å². The minimum atomic E-state index is -1.06. The van der Waals surface area contributed by atoms with E-state index in [1.165, 1.54) is 6.33 Å². The monoisotopic (exact) mass is 251 g/mol. The third kappa shape index (κ3) is 2.59. The van der Waals surface area contributed by atoms with Crippen molar-refractivity contribution in [2.24, 2.45) is 0 Å². The summed E-state index contributed by atoms with van der Waals surface area (Å²) in [6.07, 6.45) is 3.74. The second-order valence-corrected chi connectivity index (χ2v) is 4.46. The molecule has 2 rings (SSSR count). The van der Waals surface area contributed by atoms with Gasteiger partial charge in [-0.1, -0.05) is 13.3 Å². The Morgan fingerprint density at radius 1 is 1.61 bits per heavy atom. The molecule has 18 heavy (non-hydrogen) atoms. The summed E-state index contributed by atoms with van der Waals surface area (Å²) < 4.78 is 5.18. The van der Waals surface area contributed by atoms with Crippen LogP contribution in [0.1, 0.15) is 25.5 Å². The number of aromatic nitrogens is 2. The number of ether oxygens (including phenoxy) is 1. The first-order valence-electron chi connectivity index (χ1n) is 6.06. The largest absolute Gasteiger partial charge is 0.479 e. The van der Waals surface area contributed by atoms with E-state index in [1.54, 1.807) is 6.07 Å². The molecule has 98 valence electrons. The van der Waals surface area contributed by atoms with Crippen molar-refractivity contribution in [2.75, 3.05) is 18.5 Å². The van der Waals surface area contributed by atoms with Crippen LogP contribution >= 0.6 is 0 Å². The van der Waals surface area contributed by atoms with Crippen molar-refractivity contribution in [3.05, 3.63) is 18.1 Å². The number of anilines is 1. The van der Waals surface area contributed by atoms with Gasteiger partial charge in [0.05, 0.1) is 6.61 Å². The molecule has 0 aromatic carbocycles. The lowest BCUT2D eigenvalue weighted by Crippen LogP contribution is -2.47. The molecule has 0 amide bonds. The van der Waals surface area contributed by atoms with E-state index in [4.69, 9.17) is 4.74 Å². The van der Waals surface area contributed by atoms with Gasteiger partial charge in [-0.05, 0) is 6.42 Å². The van der Waals surface area contributed by atoms with Gasteiger partial charge in [-0.3, -0.25) is 0 Å². The maximum atomic E-state index is 11.4. The molecule has 0 aliphatic carbocycles. The molecule has 0 radical (unpaired) electrons. The number of carbonyl (C=O) groups is 1. The van der Waals surface area contributed by atoms with E-state index in [9.17, 15) is 9.90 Å². The van der Waals surface area contributed by atoms with Gasteiger partial charge >= 0.3 is 5.97 Å². The average Bonchev–Trinajstić information content (AvgIpc) is 2.80. The van der Waals surface area contributed by atoms with Crippen molar-refractivity contribution >= 4 is 11.8 Å². The Balaban J connectivity index is 2.16. The highest BCUT2D eigenvalue weighted by molar-refractivity contribution is 5.83. The Morgan fingerprint density at radius 3 is 3.06 bits per heavy atom. The van der Waals surface area contributed by atoms with Gasteiger partial charge in [0, 0.05) is 24.8 Å². The zero-order valence-corrected chi connectivity index (χ0v) is 10.3. The molecule has 1 atom stereocenters. The second kappa shape index (κ2) is 5.30. The SMILES string of the molecule is CCCc1cc(NC2(C(=O)O)CCOC2)ncn1. The van der Waals surface area contributed by atoms with Gasteiger partial charge in [-0.25, -0.2) is 14.8 Å². The van der Waals surface area contributed by atoms with E-state index in [0.717, 1.165) is 18.5 Å². The van der Waals surface area contributed by atoms with Gasteiger partial charge in [-0.2, -0.15) is 0 Å². The number of aliphatic carboxylic acids is 1. The molecular formula is C12H17N3O3. The molecule has 6 heteroatoms. The van der Waals surface area contributed by atoms with E-state index in [-0.39, 0.29) is 6.61 Å². The van der Waals surface area contributed by atoms with Gasteiger partial charge in [0.1, 0.15) is 12.1 Å². The summed E-state index contributed by atoms with van der Waals surface area (Å²) in [6, 6.07) is 1.80. The molecule has 1 saturated heterocycles. The molecule has 1 aliphatic heterocycles. The Hall–Kier alpha value is -1.69. The highest BCUT2D eigenvalue weighted by Crippen LogP contribution is 2.24. The molecule has 0 saturated carbocycles. The number of nitrogens with zero attached hydrogens (tertiary/aromatic N) is 2. The maximum absolute atomic E-state index is 11.4. The maximum Gasteiger partial charge on any atom is 0.331 e. The fraction of sp³-hybridized carbons (Fsp3) is 0.583. The summed E-state index contributed by atoms with van der Waals surface area (Å²) in [4.78, 5) is 19.6. The standard InChI is InChI=1S/C12H17N3O3/c1-2-3-9-6-10(14-8-13-9)15-12(11(16)17)4-5-18-7-12/h6,8H,2-5,7H2,1H3,(H,16,17)(H,13,14,15). The van der Waals surface area contributed by atoms with E-state index in [2.05, 4.69) is 22.2 Å². The third-order valence-electron chi connectivity index (χ3n) is 3.03. The Kier molecular flexibility index (Phi) is 3.76. The first kappa shape index (κ1) is 12.8. The smallest absolute Gasteiger partial charge is 0.331 e. The third-order valence-corrected chi connectivity index (χ3v) is 3.03. The van der Waals surface area contributed by atoms with Crippen LogP contribution in [0.4, 0.5) is 5.82 Å². The summed E-state index contributed by atoms with van der Waals surface area (Å²) >= 11 is 0.